The molecule has 0 saturated carbocycles. The second kappa shape index (κ2) is 3.77. The Morgan fingerprint density at radius 1 is 1.43 bits per heavy atom. The Morgan fingerprint density at radius 3 is 2.93 bits per heavy atom. The summed E-state index contributed by atoms with van der Waals surface area (Å²) in [6.45, 7) is 0.426. The number of hydrogen-bond donors (Lipinski definition) is 1. The predicted octanol–water partition coefficient (Wildman–Crippen LogP) is 1.38. The van der Waals surface area contributed by atoms with Crippen LogP contribution in [0.5, 0.6) is 0 Å². The van der Waals surface area contributed by atoms with Gasteiger partial charge in [-0.1, -0.05) is 16.8 Å². The third-order valence-electron chi connectivity index (χ3n) is 1.93. The molecule has 1 aromatic heterocycles. The molecule has 0 bridgehead atoms. The zero-order chi connectivity index (χ0) is 9.97. The summed E-state index contributed by atoms with van der Waals surface area (Å²) >= 11 is 5.86. The van der Waals surface area contributed by atoms with Crippen LogP contribution in [0, 0.1) is 0 Å². The second-order valence-corrected chi connectivity index (χ2v) is 3.26. The van der Waals surface area contributed by atoms with E-state index in [0.717, 1.165) is 11.3 Å². The van der Waals surface area contributed by atoms with E-state index in [4.69, 9.17) is 17.3 Å². The normalized spacial score (nSPS) is 10.4. The van der Waals surface area contributed by atoms with Crippen molar-refractivity contribution >= 4 is 11.6 Å². The van der Waals surface area contributed by atoms with Gasteiger partial charge < -0.3 is 5.73 Å². The molecule has 1 heterocycles. The fraction of sp³-hybridized carbons (Fsp3) is 0.111. The lowest BCUT2D eigenvalue weighted by atomic mass is 10.2. The highest BCUT2D eigenvalue weighted by Gasteiger charge is 2.04. The van der Waals surface area contributed by atoms with Crippen LogP contribution in [-0.2, 0) is 6.54 Å². The number of aromatic nitrogens is 3. The molecule has 72 valence electrons. The SMILES string of the molecule is NCc1cc(Cl)ccc1-n1ccnn1. The smallest absolute Gasteiger partial charge is 0.0709 e. The van der Waals surface area contributed by atoms with Gasteiger partial charge in [-0.2, -0.15) is 0 Å². The molecule has 0 spiro atoms. The fourth-order valence-electron chi connectivity index (χ4n) is 1.28. The standard InChI is InChI=1S/C9H9ClN4/c10-8-1-2-9(7(5-8)6-11)14-4-3-12-13-14/h1-5H,6,11H2. The number of benzene rings is 1. The Bertz CT molecular complexity index is 424. The van der Waals surface area contributed by atoms with E-state index in [1.807, 2.05) is 12.1 Å². The molecule has 1 aromatic carbocycles. The molecule has 2 rings (SSSR count). The summed E-state index contributed by atoms with van der Waals surface area (Å²) in [6.07, 6.45) is 3.39. The van der Waals surface area contributed by atoms with E-state index >= 15 is 0 Å². The highest BCUT2D eigenvalue weighted by Crippen LogP contribution is 2.18. The number of hydrogen-bond acceptors (Lipinski definition) is 3. The van der Waals surface area contributed by atoms with Crippen LogP contribution < -0.4 is 5.73 Å². The van der Waals surface area contributed by atoms with Crippen molar-refractivity contribution in [3.05, 3.63) is 41.2 Å². The van der Waals surface area contributed by atoms with Gasteiger partial charge in [-0.15, -0.1) is 5.10 Å². The molecular formula is C9H9ClN4. The van der Waals surface area contributed by atoms with Gasteiger partial charge >= 0.3 is 0 Å². The van der Waals surface area contributed by atoms with E-state index in [9.17, 15) is 0 Å². The molecule has 0 amide bonds. The number of halogens is 1. The van der Waals surface area contributed by atoms with Gasteiger partial charge in [-0.3, -0.25) is 0 Å². The van der Waals surface area contributed by atoms with Crippen LogP contribution in [0.25, 0.3) is 5.69 Å². The van der Waals surface area contributed by atoms with Crippen LogP contribution in [0.3, 0.4) is 0 Å². The first-order valence-corrected chi connectivity index (χ1v) is 4.54. The molecule has 0 radical (unpaired) electrons. The van der Waals surface area contributed by atoms with Crippen molar-refractivity contribution in [3.63, 3.8) is 0 Å². The molecule has 5 heteroatoms. The van der Waals surface area contributed by atoms with Gasteiger partial charge in [0, 0.05) is 11.6 Å². The summed E-state index contributed by atoms with van der Waals surface area (Å²) in [6, 6.07) is 5.51. The van der Waals surface area contributed by atoms with Crippen molar-refractivity contribution in [1.29, 1.82) is 0 Å². The molecule has 0 atom stereocenters. The average Bonchev–Trinajstić information content (AvgIpc) is 2.70. The summed E-state index contributed by atoms with van der Waals surface area (Å²) in [5, 5.41) is 8.30. The van der Waals surface area contributed by atoms with Gasteiger partial charge in [-0.05, 0) is 23.8 Å². The molecule has 0 aliphatic heterocycles. The van der Waals surface area contributed by atoms with Gasteiger partial charge in [0.1, 0.15) is 0 Å². The van der Waals surface area contributed by atoms with E-state index in [2.05, 4.69) is 10.3 Å². The van der Waals surface area contributed by atoms with Crippen LogP contribution in [0.1, 0.15) is 5.56 Å². The summed E-state index contributed by atoms with van der Waals surface area (Å²) < 4.78 is 1.67. The highest BCUT2D eigenvalue weighted by molar-refractivity contribution is 6.30. The fourth-order valence-corrected chi connectivity index (χ4v) is 1.47. The van der Waals surface area contributed by atoms with Crippen molar-refractivity contribution in [2.75, 3.05) is 0 Å². The van der Waals surface area contributed by atoms with E-state index in [-0.39, 0.29) is 0 Å². The monoisotopic (exact) mass is 208 g/mol. The lowest BCUT2D eigenvalue weighted by Gasteiger charge is -2.06. The maximum absolute atomic E-state index is 5.86. The van der Waals surface area contributed by atoms with Gasteiger partial charge in [0.05, 0.1) is 18.1 Å². The van der Waals surface area contributed by atoms with Gasteiger partial charge in [0.15, 0.2) is 0 Å². The Labute approximate surface area is 86.3 Å². The molecule has 0 saturated heterocycles. The molecule has 0 fully saturated rings. The minimum atomic E-state index is 0.426. The molecule has 0 unspecified atom stereocenters. The highest BCUT2D eigenvalue weighted by atomic mass is 35.5. The van der Waals surface area contributed by atoms with Crippen molar-refractivity contribution in [3.8, 4) is 5.69 Å². The first kappa shape index (κ1) is 9.18. The Kier molecular flexibility index (Phi) is 2.47. The summed E-state index contributed by atoms with van der Waals surface area (Å²) in [5.74, 6) is 0. The van der Waals surface area contributed by atoms with Crippen molar-refractivity contribution in [2.24, 2.45) is 5.73 Å². The largest absolute Gasteiger partial charge is 0.326 e. The van der Waals surface area contributed by atoms with Gasteiger partial charge in [0.2, 0.25) is 0 Å². The van der Waals surface area contributed by atoms with Crippen LogP contribution >= 0.6 is 11.6 Å². The minimum Gasteiger partial charge on any atom is -0.326 e. The van der Waals surface area contributed by atoms with Crippen LogP contribution in [0.2, 0.25) is 5.02 Å². The van der Waals surface area contributed by atoms with Crippen molar-refractivity contribution in [1.82, 2.24) is 15.0 Å². The lowest BCUT2D eigenvalue weighted by Crippen LogP contribution is -2.05. The van der Waals surface area contributed by atoms with Crippen molar-refractivity contribution in [2.45, 2.75) is 6.54 Å². The van der Waals surface area contributed by atoms with Crippen LogP contribution in [0.4, 0.5) is 0 Å². The zero-order valence-electron chi connectivity index (χ0n) is 7.39. The quantitative estimate of drug-likeness (QED) is 0.811. The van der Waals surface area contributed by atoms with E-state index < -0.39 is 0 Å². The maximum atomic E-state index is 5.86. The van der Waals surface area contributed by atoms with Gasteiger partial charge in [-0.25, -0.2) is 4.68 Å². The van der Waals surface area contributed by atoms with Crippen LogP contribution in [-0.4, -0.2) is 15.0 Å². The molecular weight excluding hydrogens is 200 g/mol. The summed E-state index contributed by atoms with van der Waals surface area (Å²) in [4.78, 5) is 0. The van der Waals surface area contributed by atoms with Crippen LogP contribution in [0.15, 0.2) is 30.6 Å². The Hall–Kier alpha value is -1.39. The van der Waals surface area contributed by atoms with E-state index in [1.165, 1.54) is 0 Å². The van der Waals surface area contributed by atoms with E-state index in [1.54, 1.807) is 23.1 Å². The van der Waals surface area contributed by atoms with Crippen molar-refractivity contribution < 1.29 is 0 Å². The summed E-state index contributed by atoms with van der Waals surface area (Å²) in [5.41, 5.74) is 7.46. The Morgan fingerprint density at radius 2 is 2.29 bits per heavy atom. The molecule has 0 aliphatic carbocycles. The number of nitrogens with zero attached hydrogens (tertiary/aromatic N) is 3. The summed E-state index contributed by atoms with van der Waals surface area (Å²) in [7, 11) is 0. The minimum absolute atomic E-state index is 0.426. The Balaban J connectivity index is 2.53. The molecule has 14 heavy (non-hydrogen) atoms. The molecule has 4 nitrogen and oxygen atoms in total. The van der Waals surface area contributed by atoms with Gasteiger partial charge in [0.25, 0.3) is 0 Å². The van der Waals surface area contributed by atoms with E-state index in [0.29, 0.717) is 11.6 Å². The first-order chi connectivity index (χ1) is 6.81. The third-order valence-corrected chi connectivity index (χ3v) is 2.17. The number of nitrogens with two attached hydrogens (primary N) is 1. The molecule has 2 N–H and O–H groups in total. The maximum Gasteiger partial charge on any atom is 0.0709 e. The third kappa shape index (κ3) is 1.62. The first-order valence-electron chi connectivity index (χ1n) is 4.16. The number of rotatable bonds is 2. The lowest BCUT2D eigenvalue weighted by molar-refractivity contribution is 0.792. The molecule has 0 aliphatic rings. The second-order valence-electron chi connectivity index (χ2n) is 2.82. The zero-order valence-corrected chi connectivity index (χ0v) is 8.15. The predicted molar refractivity (Wildman–Crippen MR) is 54.3 cm³/mol. The topological polar surface area (TPSA) is 56.7 Å². The average molecular weight is 209 g/mol. The molecule has 2 aromatic rings.